The average molecular weight is 236 g/mol. The maximum Gasteiger partial charge on any atom is 0.122 e. The molecule has 0 unspecified atom stereocenters. The van der Waals surface area contributed by atoms with E-state index in [0.717, 1.165) is 25.9 Å². The summed E-state index contributed by atoms with van der Waals surface area (Å²) in [5.74, 6) is 1.17. The van der Waals surface area contributed by atoms with Crippen molar-refractivity contribution in [2.75, 3.05) is 7.05 Å². The molecule has 17 heavy (non-hydrogen) atoms. The quantitative estimate of drug-likeness (QED) is 0.864. The molecule has 4 heteroatoms. The Morgan fingerprint density at radius 1 is 1.41 bits per heavy atom. The van der Waals surface area contributed by atoms with Crippen LogP contribution in [0.1, 0.15) is 38.4 Å². The van der Waals surface area contributed by atoms with Crippen LogP contribution in [0.2, 0.25) is 0 Å². The van der Waals surface area contributed by atoms with Crippen molar-refractivity contribution in [2.45, 2.75) is 57.8 Å². The first kappa shape index (κ1) is 12.6. The Bertz CT molecular complexity index is 339. The van der Waals surface area contributed by atoms with Crippen LogP contribution in [-0.4, -0.2) is 33.6 Å². The monoisotopic (exact) mass is 236 g/mol. The standard InChI is InChI=1S/C13H24N4/c1-3-17-9-8-15-13(17)10-16(2)12-6-4-11(14)5-7-12/h8-9,11-12H,3-7,10,14H2,1-2H3. The van der Waals surface area contributed by atoms with Gasteiger partial charge in [0.05, 0.1) is 6.54 Å². The topological polar surface area (TPSA) is 47.1 Å². The van der Waals surface area contributed by atoms with E-state index in [4.69, 9.17) is 5.73 Å². The predicted molar refractivity (Wildman–Crippen MR) is 69.6 cm³/mol. The van der Waals surface area contributed by atoms with E-state index in [0.29, 0.717) is 12.1 Å². The summed E-state index contributed by atoms with van der Waals surface area (Å²) in [4.78, 5) is 6.86. The molecular formula is C13H24N4. The van der Waals surface area contributed by atoms with Crippen molar-refractivity contribution in [3.8, 4) is 0 Å². The van der Waals surface area contributed by atoms with Crippen molar-refractivity contribution in [1.29, 1.82) is 0 Å². The first-order chi connectivity index (χ1) is 8.20. The first-order valence-corrected chi connectivity index (χ1v) is 6.66. The molecule has 4 nitrogen and oxygen atoms in total. The Kier molecular flexibility index (Phi) is 4.18. The third kappa shape index (κ3) is 3.07. The van der Waals surface area contributed by atoms with E-state index in [1.165, 1.54) is 18.7 Å². The van der Waals surface area contributed by atoms with Crippen molar-refractivity contribution in [2.24, 2.45) is 5.73 Å². The molecule has 96 valence electrons. The fourth-order valence-corrected chi connectivity index (χ4v) is 2.67. The summed E-state index contributed by atoms with van der Waals surface area (Å²) in [6, 6.07) is 1.11. The molecule has 0 aliphatic heterocycles. The summed E-state index contributed by atoms with van der Waals surface area (Å²) in [5.41, 5.74) is 5.94. The van der Waals surface area contributed by atoms with Gasteiger partial charge in [-0.2, -0.15) is 0 Å². The van der Waals surface area contributed by atoms with E-state index < -0.39 is 0 Å². The van der Waals surface area contributed by atoms with Gasteiger partial charge in [0.1, 0.15) is 5.82 Å². The van der Waals surface area contributed by atoms with Crippen LogP contribution in [0.25, 0.3) is 0 Å². The summed E-state index contributed by atoms with van der Waals surface area (Å²) in [7, 11) is 2.20. The second kappa shape index (κ2) is 5.65. The van der Waals surface area contributed by atoms with Gasteiger partial charge < -0.3 is 10.3 Å². The molecular weight excluding hydrogens is 212 g/mol. The lowest BCUT2D eigenvalue weighted by Crippen LogP contribution is -2.38. The Labute approximate surface area is 104 Å². The van der Waals surface area contributed by atoms with Crippen LogP contribution < -0.4 is 5.73 Å². The third-order valence-electron chi connectivity index (χ3n) is 3.90. The van der Waals surface area contributed by atoms with E-state index in [-0.39, 0.29) is 0 Å². The number of hydrogen-bond donors (Lipinski definition) is 1. The number of hydrogen-bond acceptors (Lipinski definition) is 3. The normalized spacial score (nSPS) is 25.4. The minimum absolute atomic E-state index is 0.428. The number of rotatable bonds is 4. The lowest BCUT2D eigenvalue weighted by molar-refractivity contribution is 0.171. The number of nitrogens with zero attached hydrogens (tertiary/aromatic N) is 3. The summed E-state index contributed by atoms with van der Waals surface area (Å²) in [6.45, 7) is 4.10. The summed E-state index contributed by atoms with van der Waals surface area (Å²) >= 11 is 0. The molecule has 1 aliphatic carbocycles. The molecule has 0 bridgehead atoms. The number of nitrogens with two attached hydrogens (primary N) is 1. The maximum absolute atomic E-state index is 5.94. The minimum Gasteiger partial charge on any atom is -0.334 e. The fourth-order valence-electron chi connectivity index (χ4n) is 2.67. The molecule has 0 spiro atoms. The van der Waals surface area contributed by atoms with Crippen LogP contribution in [0.4, 0.5) is 0 Å². The highest BCUT2D eigenvalue weighted by Crippen LogP contribution is 2.22. The molecule has 1 fully saturated rings. The highest BCUT2D eigenvalue weighted by Gasteiger charge is 2.22. The Morgan fingerprint density at radius 2 is 2.12 bits per heavy atom. The van der Waals surface area contributed by atoms with Gasteiger partial charge in [-0.3, -0.25) is 4.90 Å². The maximum atomic E-state index is 5.94. The van der Waals surface area contributed by atoms with E-state index >= 15 is 0 Å². The predicted octanol–water partition coefficient (Wildman–Crippen LogP) is 1.60. The Balaban J connectivity index is 1.90. The van der Waals surface area contributed by atoms with Gasteiger partial charge in [-0.25, -0.2) is 4.98 Å². The highest BCUT2D eigenvalue weighted by molar-refractivity contribution is 4.93. The molecule has 0 radical (unpaired) electrons. The van der Waals surface area contributed by atoms with E-state index in [2.05, 4.69) is 34.6 Å². The van der Waals surface area contributed by atoms with E-state index in [1.54, 1.807) is 0 Å². The summed E-state index contributed by atoms with van der Waals surface area (Å²) in [6.07, 6.45) is 8.73. The summed E-state index contributed by atoms with van der Waals surface area (Å²) in [5, 5.41) is 0. The van der Waals surface area contributed by atoms with Crippen LogP contribution in [0.15, 0.2) is 12.4 Å². The van der Waals surface area contributed by atoms with Crippen molar-refractivity contribution < 1.29 is 0 Å². The lowest BCUT2D eigenvalue weighted by atomic mass is 9.91. The molecule has 0 amide bonds. The molecule has 1 aliphatic rings. The van der Waals surface area contributed by atoms with Gasteiger partial charge in [-0.05, 0) is 39.7 Å². The Morgan fingerprint density at radius 3 is 2.76 bits per heavy atom. The SMILES string of the molecule is CCn1ccnc1CN(C)C1CCC(N)CC1. The molecule has 0 aromatic carbocycles. The Hall–Kier alpha value is -0.870. The minimum atomic E-state index is 0.428. The van der Waals surface area contributed by atoms with Crippen LogP contribution in [0, 0.1) is 0 Å². The zero-order chi connectivity index (χ0) is 12.3. The summed E-state index contributed by atoms with van der Waals surface area (Å²) < 4.78 is 2.21. The third-order valence-corrected chi connectivity index (χ3v) is 3.90. The highest BCUT2D eigenvalue weighted by atomic mass is 15.2. The number of aromatic nitrogens is 2. The molecule has 1 heterocycles. The average Bonchev–Trinajstić information content (AvgIpc) is 2.77. The van der Waals surface area contributed by atoms with E-state index in [1.807, 2.05) is 6.20 Å². The fraction of sp³-hybridized carbons (Fsp3) is 0.769. The van der Waals surface area contributed by atoms with Crippen LogP contribution in [0.3, 0.4) is 0 Å². The van der Waals surface area contributed by atoms with Gasteiger partial charge in [0.15, 0.2) is 0 Å². The lowest BCUT2D eigenvalue weighted by Gasteiger charge is -2.33. The molecule has 0 atom stereocenters. The molecule has 2 N–H and O–H groups in total. The second-order valence-corrected chi connectivity index (χ2v) is 5.11. The van der Waals surface area contributed by atoms with Gasteiger partial charge in [-0.15, -0.1) is 0 Å². The van der Waals surface area contributed by atoms with Gasteiger partial charge in [0.2, 0.25) is 0 Å². The van der Waals surface area contributed by atoms with Crippen molar-refractivity contribution >= 4 is 0 Å². The molecule has 0 saturated heterocycles. The largest absolute Gasteiger partial charge is 0.334 e. The van der Waals surface area contributed by atoms with Crippen molar-refractivity contribution in [3.05, 3.63) is 18.2 Å². The van der Waals surface area contributed by atoms with Crippen molar-refractivity contribution in [1.82, 2.24) is 14.5 Å². The van der Waals surface area contributed by atoms with Crippen LogP contribution in [-0.2, 0) is 13.1 Å². The molecule has 1 aromatic heterocycles. The van der Waals surface area contributed by atoms with Gasteiger partial charge in [0, 0.05) is 31.0 Å². The van der Waals surface area contributed by atoms with E-state index in [9.17, 15) is 0 Å². The van der Waals surface area contributed by atoms with Crippen molar-refractivity contribution in [3.63, 3.8) is 0 Å². The van der Waals surface area contributed by atoms with Gasteiger partial charge in [0.25, 0.3) is 0 Å². The number of imidazole rings is 1. The van der Waals surface area contributed by atoms with Gasteiger partial charge in [-0.1, -0.05) is 0 Å². The number of aryl methyl sites for hydroxylation is 1. The molecule has 1 aromatic rings. The zero-order valence-corrected chi connectivity index (χ0v) is 11.0. The smallest absolute Gasteiger partial charge is 0.122 e. The first-order valence-electron chi connectivity index (χ1n) is 6.66. The van der Waals surface area contributed by atoms with Crippen LogP contribution >= 0.6 is 0 Å². The van der Waals surface area contributed by atoms with Gasteiger partial charge >= 0.3 is 0 Å². The zero-order valence-electron chi connectivity index (χ0n) is 11.0. The molecule has 1 saturated carbocycles. The second-order valence-electron chi connectivity index (χ2n) is 5.11. The van der Waals surface area contributed by atoms with Crippen LogP contribution in [0.5, 0.6) is 0 Å². The molecule has 2 rings (SSSR count).